The van der Waals surface area contributed by atoms with Gasteiger partial charge in [0.2, 0.25) is 11.8 Å². The summed E-state index contributed by atoms with van der Waals surface area (Å²) in [5.74, 6) is -0.799. The lowest BCUT2D eigenvalue weighted by atomic mass is 9.86. The number of carbonyl (C=O) groups excluding carboxylic acids is 1. The SMILES string of the molecule is Cc1nnc(C(C)C)n1C1CC2CCC(C1)N2CC[C@H](NC(=O)C1CCC(F)(F)CC1)c1ccc(CN=O)s1. The van der Waals surface area contributed by atoms with E-state index in [-0.39, 0.29) is 50.1 Å². The first-order chi connectivity index (χ1) is 18.6. The molecule has 214 valence electrons. The second-order valence-electron chi connectivity index (χ2n) is 11.9. The quantitative estimate of drug-likeness (QED) is 0.344. The fraction of sp³-hybridized carbons (Fsp3) is 0.750. The minimum absolute atomic E-state index is 0.113. The molecule has 0 spiro atoms. The van der Waals surface area contributed by atoms with Gasteiger partial charge in [-0.25, -0.2) is 8.78 Å². The van der Waals surface area contributed by atoms with Gasteiger partial charge in [-0.3, -0.25) is 9.69 Å². The number of nitroso groups, excluding NO2 is 1. The normalized spacial score (nSPS) is 26.2. The third kappa shape index (κ3) is 6.24. The number of rotatable bonds is 10. The Balaban J connectivity index is 1.26. The fourth-order valence-corrected chi connectivity index (χ4v) is 7.95. The Kier molecular flexibility index (Phi) is 8.47. The van der Waals surface area contributed by atoms with Crippen molar-refractivity contribution in [3.05, 3.63) is 38.4 Å². The van der Waals surface area contributed by atoms with Gasteiger partial charge in [0, 0.05) is 59.1 Å². The summed E-state index contributed by atoms with van der Waals surface area (Å²) in [7, 11) is 0. The smallest absolute Gasteiger partial charge is 0.248 e. The molecule has 39 heavy (non-hydrogen) atoms. The second kappa shape index (κ2) is 11.7. The van der Waals surface area contributed by atoms with Crippen LogP contribution in [0.25, 0.3) is 0 Å². The number of amides is 1. The highest BCUT2D eigenvalue weighted by molar-refractivity contribution is 7.12. The topological polar surface area (TPSA) is 92.5 Å². The Morgan fingerprint density at radius 2 is 1.82 bits per heavy atom. The average Bonchev–Trinajstić information content (AvgIpc) is 3.57. The minimum atomic E-state index is -2.66. The van der Waals surface area contributed by atoms with Crippen molar-refractivity contribution >= 4 is 17.2 Å². The number of piperidine rings is 1. The van der Waals surface area contributed by atoms with Crippen LogP contribution >= 0.6 is 11.3 Å². The summed E-state index contributed by atoms with van der Waals surface area (Å²) in [5.41, 5.74) is 0. The third-order valence-corrected chi connectivity index (χ3v) is 10.1. The molecule has 3 aliphatic rings. The zero-order valence-corrected chi connectivity index (χ0v) is 23.9. The van der Waals surface area contributed by atoms with Crippen molar-refractivity contribution in [1.82, 2.24) is 25.0 Å². The maximum absolute atomic E-state index is 13.7. The molecule has 5 rings (SSSR count). The molecule has 2 bridgehead atoms. The van der Waals surface area contributed by atoms with Gasteiger partial charge in [0.05, 0.1) is 6.04 Å². The van der Waals surface area contributed by atoms with Crippen LogP contribution in [0.5, 0.6) is 0 Å². The highest BCUT2D eigenvalue weighted by atomic mass is 32.1. The molecule has 2 saturated heterocycles. The van der Waals surface area contributed by atoms with Crippen molar-refractivity contribution in [3.8, 4) is 0 Å². The van der Waals surface area contributed by atoms with E-state index in [0.29, 0.717) is 24.0 Å². The molecule has 1 N–H and O–H groups in total. The lowest BCUT2D eigenvalue weighted by Gasteiger charge is -2.40. The number of nitrogens with one attached hydrogen (secondary N) is 1. The molecule has 4 heterocycles. The van der Waals surface area contributed by atoms with Crippen LogP contribution in [0.3, 0.4) is 0 Å². The van der Waals surface area contributed by atoms with Gasteiger partial charge in [-0.2, -0.15) is 4.91 Å². The van der Waals surface area contributed by atoms with Gasteiger partial charge in [-0.05, 0) is 64.0 Å². The minimum Gasteiger partial charge on any atom is -0.348 e. The van der Waals surface area contributed by atoms with E-state index in [1.165, 1.54) is 24.2 Å². The second-order valence-corrected chi connectivity index (χ2v) is 13.1. The maximum atomic E-state index is 13.7. The number of alkyl halides is 2. The average molecular weight is 563 g/mol. The summed E-state index contributed by atoms with van der Waals surface area (Å²) in [6, 6.07) is 5.01. The van der Waals surface area contributed by atoms with Gasteiger partial charge in [0.25, 0.3) is 0 Å². The highest BCUT2D eigenvalue weighted by Crippen LogP contribution is 2.43. The number of carbonyl (C=O) groups is 1. The van der Waals surface area contributed by atoms with E-state index in [1.54, 1.807) is 0 Å². The molecule has 1 aliphatic carbocycles. The van der Waals surface area contributed by atoms with E-state index in [2.05, 4.69) is 44.0 Å². The first-order valence-electron chi connectivity index (χ1n) is 14.4. The van der Waals surface area contributed by atoms with Crippen LogP contribution in [0.4, 0.5) is 8.78 Å². The monoisotopic (exact) mass is 562 g/mol. The molecular weight excluding hydrogens is 522 g/mol. The molecule has 2 aromatic heterocycles. The summed E-state index contributed by atoms with van der Waals surface area (Å²) in [6.07, 6.45) is 5.18. The zero-order chi connectivity index (χ0) is 27.7. The molecule has 0 aromatic carbocycles. The van der Waals surface area contributed by atoms with Crippen molar-refractivity contribution in [3.63, 3.8) is 0 Å². The molecule has 1 saturated carbocycles. The van der Waals surface area contributed by atoms with Crippen molar-refractivity contribution in [2.24, 2.45) is 11.1 Å². The standard InChI is InChI=1S/C28H40F2N6O2S/c1-17(2)26-34-33-18(3)36(26)22-14-20-4-5-21(15-22)35(20)13-10-24(25-7-6-23(39-25)16-31-38)32-27(37)19-8-11-28(29,30)12-9-19/h6-7,17,19-22,24H,4-5,8-16H2,1-3H3,(H,32,37)/t20?,21?,22?,24-/m0/s1. The molecule has 0 radical (unpaired) electrons. The molecule has 8 nitrogen and oxygen atoms in total. The van der Waals surface area contributed by atoms with Gasteiger partial charge in [-0.15, -0.1) is 21.5 Å². The summed E-state index contributed by atoms with van der Waals surface area (Å²) >= 11 is 1.50. The number of aromatic nitrogens is 3. The number of fused-ring (bicyclic) bond motifs is 2. The molecular formula is C28H40F2N6O2S. The van der Waals surface area contributed by atoms with Crippen molar-refractivity contribution in [1.29, 1.82) is 0 Å². The molecule has 1 amide bonds. The van der Waals surface area contributed by atoms with E-state index in [9.17, 15) is 18.5 Å². The summed E-state index contributed by atoms with van der Waals surface area (Å²) < 4.78 is 29.7. The molecule has 3 atom stereocenters. The van der Waals surface area contributed by atoms with E-state index in [0.717, 1.165) is 47.2 Å². The molecule has 2 aromatic rings. The lowest BCUT2D eigenvalue weighted by molar-refractivity contribution is -0.130. The number of hydrogen-bond acceptors (Lipinski definition) is 7. The van der Waals surface area contributed by atoms with Gasteiger partial charge < -0.3 is 9.88 Å². The van der Waals surface area contributed by atoms with Crippen LogP contribution in [0, 0.1) is 17.7 Å². The molecule has 2 aliphatic heterocycles. The Bertz CT molecular complexity index is 1140. The van der Waals surface area contributed by atoms with Crippen LogP contribution in [0.1, 0.15) is 111 Å². The van der Waals surface area contributed by atoms with Crippen LogP contribution < -0.4 is 5.32 Å². The van der Waals surface area contributed by atoms with Gasteiger partial charge in [-0.1, -0.05) is 19.0 Å². The van der Waals surface area contributed by atoms with Crippen LogP contribution in [-0.4, -0.2) is 50.1 Å². The van der Waals surface area contributed by atoms with E-state index < -0.39 is 5.92 Å². The van der Waals surface area contributed by atoms with Gasteiger partial charge >= 0.3 is 0 Å². The van der Waals surface area contributed by atoms with Gasteiger partial charge in [0.1, 0.15) is 18.2 Å². The first kappa shape index (κ1) is 28.3. The fourth-order valence-electron chi connectivity index (χ4n) is 6.94. The number of nitrogens with zero attached hydrogens (tertiary/aromatic N) is 5. The van der Waals surface area contributed by atoms with Crippen molar-refractivity contribution in [2.75, 3.05) is 6.54 Å². The van der Waals surface area contributed by atoms with E-state index in [1.807, 2.05) is 19.1 Å². The number of halogens is 2. The summed E-state index contributed by atoms with van der Waals surface area (Å²) in [4.78, 5) is 28.4. The Morgan fingerprint density at radius 1 is 1.13 bits per heavy atom. The van der Waals surface area contributed by atoms with Crippen molar-refractivity contribution in [2.45, 2.75) is 121 Å². The van der Waals surface area contributed by atoms with Crippen LogP contribution in [0.2, 0.25) is 0 Å². The Morgan fingerprint density at radius 3 is 2.46 bits per heavy atom. The maximum Gasteiger partial charge on any atom is 0.248 e. The summed E-state index contributed by atoms with van der Waals surface area (Å²) in [5, 5.41) is 15.0. The first-order valence-corrected chi connectivity index (χ1v) is 15.2. The third-order valence-electron chi connectivity index (χ3n) is 8.96. The Labute approximate surface area is 232 Å². The number of hydrogen-bond donors (Lipinski definition) is 1. The highest BCUT2D eigenvalue weighted by Gasteiger charge is 2.43. The summed E-state index contributed by atoms with van der Waals surface area (Å²) in [6.45, 7) is 7.34. The molecule has 2 unspecified atom stereocenters. The zero-order valence-electron chi connectivity index (χ0n) is 23.1. The van der Waals surface area contributed by atoms with E-state index >= 15 is 0 Å². The lowest BCUT2D eigenvalue weighted by Crippen LogP contribution is -2.45. The van der Waals surface area contributed by atoms with Gasteiger partial charge in [0.15, 0.2) is 0 Å². The van der Waals surface area contributed by atoms with E-state index in [4.69, 9.17) is 0 Å². The van der Waals surface area contributed by atoms with Crippen LogP contribution in [0.15, 0.2) is 17.3 Å². The predicted molar refractivity (Wildman–Crippen MR) is 147 cm³/mol. The van der Waals surface area contributed by atoms with Crippen LogP contribution in [-0.2, 0) is 11.3 Å². The van der Waals surface area contributed by atoms with Crippen molar-refractivity contribution < 1.29 is 13.6 Å². The molecule has 11 heteroatoms. The number of thiophene rings is 1. The molecule has 3 fully saturated rings. The predicted octanol–water partition coefficient (Wildman–Crippen LogP) is 6.28. The Hall–Kier alpha value is -2.27. The number of aryl methyl sites for hydroxylation is 1. The largest absolute Gasteiger partial charge is 0.348 e.